The summed E-state index contributed by atoms with van der Waals surface area (Å²) in [5.41, 5.74) is 1.81. The number of carbonyl (C=O) groups is 1. The Hall–Kier alpha value is -2.86. The predicted octanol–water partition coefficient (Wildman–Crippen LogP) is 3.02. The third kappa shape index (κ3) is 6.42. The van der Waals surface area contributed by atoms with Crippen LogP contribution in [0.25, 0.3) is 0 Å². The first-order valence-electron chi connectivity index (χ1n) is 8.54. The molecule has 0 saturated heterocycles. The summed E-state index contributed by atoms with van der Waals surface area (Å²) >= 11 is 0. The Labute approximate surface area is 161 Å². The van der Waals surface area contributed by atoms with Crippen molar-refractivity contribution in [2.45, 2.75) is 24.7 Å². The van der Waals surface area contributed by atoms with Crippen molar-refractivity contribution < 1.29 is 13.2 Å². The van der Waals surface area contributed by atoms with Crippen LogP contribution in [0.2, 0.25) is 0 Å². The Balaban J connectivity index is 2.22. The van der Waals surface area contributed by atoms with Crippen molar-refractivity contribution in [1.29, 1.82) is 0 Å². The quantitative estimate of drug-likeness (QED) is 0.440. The number of benzene rings is 2. The predicted molar refractivity (Wildman–Crippen MR) is 106 cm³/mol. The third-order valence-electron chi connectivity index (χ3n) is 3.69. The fourth-order valence-corrected chi connectivity index (χ4v) is 3.45. The Morgan fingerprint density at radius 2 is 1.59 bits per heavy atom. The molecule has 0 heterocycles. The Morgan fingerprint density at radius 3 is 2.26 bits per heavy atom. The minimum atomic E-state index is -3.71. The van der Waals surface area contributed by atoms with E-state index in [1.165, 1.54) is 4.31 Å². The van der Waals surface area contributed by atoms with E-state index in [1.54, 1.807) is 24.3 Å². The molecule has 0 aliphatic carbocycles. The summed E-state index contributed by atoms with van der Waals surface area (Å²) < 4.78 is 27.1. The minimum absolute atomic E-state index is 0.0263. The van der Waals surface area contributed by atoms with Gasteiger partial charge in [0.15, 0.2) is 0 Å². The monoisotopic (exact) mass is 379 g/mol. The van der Waals surface area contributed by atoms with Crippen LogP contribution >= 0.6 is 0 Å². The molecule has 0 atom stereocenters. The van der Waals surface area contributed by atoms with Crippen LogP contribution in [-0.2, 0) is 14.8 Å². The maximum atomic E-state index is 12.9. The second-order valence-electron chi connectivity index (χ2n) is 5.81. The SMILES string of the molecule is Cc1ccc(S(=O)(=O)N(CC#CCCC=O)CC#Cc2ccccc2)cc1. The molecule has 0 unspecified atom stereocenters. The van der Waals surface area contributed by atoms with Gasteiger partial charge in [0, 0.05) is 18.4 Å². The first kappa shape index (κ1) is 20.5. The number of aryl methyl sites for hydroxylation is 1. The fourth-order valence-electron chi connectivity index (χ4n) is 2.20. The number of hydrogen-bond donors (Lipinski definition) is 0. The van der Waals surface area contributed by atoms with Crippen molar-refractivity contribution in [3.63, 3.8) is 0 Å². The standard InChI is InChI=1S/C22H21NO3S/c1-20-13-15-22(16-14-20)27(25,26)23(17-7-2-3-8-19-24)18-9-12-21-10-5-4-6-11-21/h4-6,10-11,13-16,19H,3,8,17-18H2,1H3. The van der Waals surface area contributed by atoms with Crippen LogP contribution in [0.4, 0.5) is 0 Å². The van der Waals surface area contributed by atoms with Gasteiger partial charge in [-0.15, -0.1) is 5.92 Å². The highest BCUT2D eigenvalue weighted by Gasteiger charge is 2.22. The summed E-state index contributed by atoms with van der Waals surface area (Å²) in [6.45, 7) is 1.96. The lowest BCUT2D eigenvalue weighted by atomic mass is 10.2. The second kappa shape index (κ2) is 10.3. The maximum Gasteiger partial charge on any atom is 0.244 e. The molecule has 2 rings (SSSR count). The van der Waals surface area contributed by atoms with Crippen LogP contribution < -0.4 is 0 Å². The van der Waals surface area contributed by atoms with Gasteiger partial charge < -0.3 is 4.79 Å². The van der Waals surface area contributed by atoms with Gasteiger partial charge in [0.05, 0.1) is 18.0 Å². The van der Waals surface area contributed by atoms with Crippen LogP contribution in [0.3, 0.4) is 0 Å². The molecule has 27 heavy (non-hydrogen) atoms. The number of unbranched alkanes of at least 4 members (excludes halogenated alkanes) is 1. The average Bonchev–Trinajstić information content (AvgIpc) is 2.67. The fraction of sp³-hybridized carbons (Fsp3) is 0.227. The van der Waals surface area contributed by atoms with E-state index in [1.807, 2.05) is 37.3 Å². The molecule has 0 spiro atoms. The lowest BCUT2D eigenvalue weighted by Crippen LogP contribution is -2.32. The number of carbonyl (C=O) groups excluding carboxylic acids is 1. The van der Waals surface area contributed by atoms with E-state index in [9.17, 15) is 13.2 Å². The summed E-state index contributed by atoms with van der Waals surface area (Å²) in [6, 6.07) is 16.1. The molecule has 2 aromatic carbocycles. The summed E-state index contributed by atoms with van der Waals surface area (Å²) in [5.74, 6) is 11.5. The number of aldehydes is 1. The van der Waals surface area contributed by atoms with Crippen molar-refractivity contribution in [3.8, 4) is 23.7 Å². The third-order valence-corrected chi connectivity index (χ3v) is 5.49. The minimum Gasteiger partial charge on any atom is -0.303 e. The molecule has 0 saturated carbocycles. The van der Waals surface area contributed by atoms with Crippen molar-refractivity contribution in [1.82, 2.24) is 4.31 Å². The number of sulfonamides is 1. The zero-order valence-electron chi connectivity index (χ0n) is 15.2. The van der Waals surface area contributed by atoms with Crippen LogP contribution in [0.5, 0.6) is 0 Å². The van der Waals surface area contributed by atoms with Gasteiger partial charge in [-0.2, -0.15) is 4.31 Å². The van der Waals surface area contributed by atoms with Crippen molar-refractivity contribution in [3.05, 3.63) is 65.7 Å². The van der Waals surface area contributed by atoms with Crippen LogP contribution in [-0.4, -0.2) is 32.1 Å². The zero-order valence-corrected chi connectivity index (χ0v) is 16.0. The Kier molecular flexibility index (Phi) is 7.82. The second-order valence-corrected chi connectivity index (χ2v) is 7.75. The van der Waals surface area contributed by atoms with Gasteiger partial charge in [-0.3, -0.25) is 0 Å². The molecule has 0 bridgehead atoms. The normalized spacial score (nSPS) is 10.4. The number of hydrogen-bond acceptors (Lipinski definition) is 3. The molecule has 2 aromatic rings. The van der Waals surface area contributed by atoms with Gasteiger partial charge in [-0.1, -0.05) is 53.7 Å². The van der Waals surface area contributed by atoms with Crippen molar-refractivity contribution in [2.75, 3.05) is 13.1 Å². The first-order valence-corrected chi connectivity index (χ1v) is 9.98. The van der Waals surface area contributed by atoms with E-state index in [4.69, 9.17) is 0 Å². The lowest BCUT2D eigenvalue weighted by Gasteiger charge is -2.17. The van der Waals surface area contributed by atoms with E-state index in [2.05, 4.69) is 23.7 Å². The molecule has 0 N–H and O–H groups in total. The Bertz CT molecular complexity index is 973. The molecule has 5 heteroatoms. The van der Waals surface area contributed by atoms with Gasteiger partial charge in [-0.05, 0) is 31.2 Å². The summed E-state index contributed by atoms with van der Waals surface area (Å²) in [4.78, 5) is 10.6. The summed E-state index contributed by atoms with van der Waals surface area (Å²) in [5, 5.41) is 0. The molecule has 0 radical (unpaired) electrons. The van der Waals surface area contributed by atoms with Crippen LogP contribution in [0, 0.1) is 30.6 Å². The largest absolute Gasteiger partial charge is 0.303 e. The Morgan fingerprint density at radius 1 is 0.926 bits per heavy atom. The summed E-state index contributed by atoms with van der Waals surface area (Å²) in [6.07, 6.45) is 1.55. The highest BCUT2D eigenvalue weighted by Crippen LogP contribution is 2.15. The van der Waals surface area contributed by atoms with E-state index in [0.29, 0.717) is 12.8 Å². The molecule has 0 aromatic heterocycles. The highest BCUT2D eigenvalue weighted by atomic mass is 32.2. The molecule has 0 amide bonds. The molecule has 0 aliphatic rings. The molecular weight excluding hydrogens is 358 g/mol. The molecule has 0 aliphatic heterocycles. The smallest absolute Gasteiger partial charge is 0.244 e. The van der Waals surface area contributed by atoms with E-state index >= 15 is 0 Å². The average molecular weight is 379 g/mol. The summed E-state index contributed by atoms with van der Waals surface area (Å²) in [7, 11) is -3.71. The van der Waals surface area contributed by atoms with E-state index in [-0.39, 0.29) is 18.0 Å². The molecular formula is C22H21NO3S. The lowest BCUT2D eigenvalue weighted by molar-refractivity contribution is -0.107. The molecule has 0 fully saturated rings. The molecule has 138 valence electrons. The van der Waals surface area contributed by atoms with Gasteiger partial charge in [-0.25, -0.2) is 8.42 Å². The van der Waals surface area contributed by atoms with Gasteiger partial charge >= 0.3 is 0 Å². The van der Waals surface area contributed by atoms with Gasteiger partial charge in [0.2, 0.25) is 10.0 Å². The first-order chi connectivity index (χ1) is 13.0. The van der Waals surface area contributed by atoms with E-state index in [0.717, 1.165) is 17.4 Å². The zero-order chi connectivity index (χ0) is 19.5. The van der Waals surface area contributed by atoms with Gasteiger partial charge in [0.25, 0.3) is 0 Å². The topological polar surface area (TPSA) is 54.5 Å². The number of rotatable bonds is 6. The van der Waals surface area contributed by atoms with Crippen molar-refractivity contribution in [2.24, 2.45) is 0 Å². The van der Waals surface area contributed by atoms with Gasteiger partial charge in [0.1, 0.15) is 6.29 Å². The van der Waals surface area contributed by atoms with E-state index < -0.39 is 10.0 Å². The molecule has 4 nitrogen and oxygen atoms in total. The number of nitrogens with zero attached hydrogens (tertiary/aromatic N) is 1. The van der Waals surface area contributed by atoms with Crippen molar-refractivity contribution >= 4 is 16.3 Å². The maximum absolute atomic E-state index is 12.9. The highest BCUT2D eigenvalue weighted by molar-refractivity contribution is 7.89. The van der Waals surface area contributed by atoms with Crippen LogP contribution in [0.15, 0.2) is 59.5 Å². The van der Waals surface area contributed by atoms with Crippen LogP contribution in [0.1, 0.15) is 24.0 Å².